The van der Waals surface area contributed by atoms with Gasteiger partial charge in [0.15, 0.2) is 0 Å². The third-order valence-corrected chi connectivity index (χ3v) is 4.43. The Bertz CT molecular complexity index is 317. The van der Waals surface area contributed by atoms with Crippen molar-refractivity contribution >= 4 is 0 Å². The van der Waals surface area contributed by atoms with Crippen LogP contribution in [0.25, 0.3) is 0 Å². The van der Waals surface area contributed by atoms with Crippen molar-refractivity contribution in [2.45, 2.75) is 59.8 Å². The molecule has 0 heteroatoms. The molecular formula is C15H24. The van der Waals surface area contributed by atoms with Crippen LogP contribution in [0.1, 0.15) is 59.8 Å². The normalized spacial score (nSPS) is 31.7. The highest BCUT2D eigenvalue weighted by Gasteiger charge is 2.36. The minimum absolute atomic E-state index is 0.511. The predicted molar refractivity (Wildman–Crippen MR) is 66.8 cm³/mol. The lowest BCUT2D eigenvalue weighted by Gasteiger charge is -2.26. The summed E-state index contributed by atoms with van der Waals surface area (Å²) >= 11 is 0. The molecule has 2 aliphatic rings. The summed E-state index contributed by atoms with van der Waals surface area (Å²) in [5.41, 5.74) is 5.70. The Labute approximate surface area is 94.5 Å². The van der Waals surface area contributed by atoms with Crippen molar-refractivity contribution in [1.29, 1.82) is 0 Å². The lowest BCUT2D eigenvalue weighted by molar-refractivity contribution is 0.393. The van der Waals surface area contributed by atoms with E-state index in [1.165, 1.54) is 32.1 Å². The lowest BCUT2D eigenvalue weighted by Crippen LogP contribution is -2.14. The Hall–Kier alpha value is -0.520. The van der Waals surface area contributed by atoms with Gasteiger partial charge >= 0.3 is 0 Å². The third-order valence-electron chi connectivity index (χ3n) is 4.43. The highest BCUT2D eigenvalue weighted by molar-refractivity contribution is 5.32. The topological polar surface area (TPSA) is 0 Å². The molecule has 0 saturated carbocycles. The Morgan fingerprint density at radius 1 is 1.20 bits per heavy atom. The first-order valence-electron chi connectivity index (χ1n) is 6.41. The van der Waals surface area contributed by atoms with Crippen LogP contribution in [-0.2, 0) is 0 Å². The summed E-state index contributed by atoms with van der Waals surface area (Å²) in [6.07, 6.45) is 9.13. The summed E-state index contributed by atoms with van der Waals surface area (Å²) in [5, 5.41) is 0. The van der Waals surface area contributed by atoms with Gasteiger partial charge in [0.1, 0.15) is 0 Å². The molecule has 0 bridgehead atoms. The molecule has 0 unspecified atom stereocenters. The van der Waals surface area contributed by atoms with Gasteiger partial charge in [-0.05, 0) is 50.4 Å². The molecule has 0 aromatic rings. The molecule has 2 aliphatic carbocycles. The second kappa shape index (κ2) is 3.81. The summed E-state index contributed by atoms with van der Waals surface area (Å²) in [6, 6.07) is 0. The molecule has 0 heterocycles. The quantitative estimate of drug-likeness (QED) is 0.535. The van der Waals surface area contributed by atoms with E-state index in [0.29, 0.717) is 5.41 Å². The Morgan fingerprint density at radius 2 is 1.93 bits per heavy atom. The fourth-order valence-corrected chi connectivity index (χ4v) is 3.25. The second-order valence-corrected chi connectivity index (χ2v) is 5.97. The first kappa shape index (κ1) is 11.0. The van der Waals surface area contributed by atoms with Crippen LogP contribution in [-0.4, -0.2) is 0 Å². The van der Waals surface area contributed by atoms with Gasteiger partial charge in [-0.25, -0.2) is 0 Å². The van der Waals surface area contributed by atoms with Gasteiger partial charge in [-0.2, -0.15) is 0 Å². The van der Waals surface area contributed by atoms with Crippen molar-refractivity contribution in [1.82, 2.24) is 0 Å². The van der Waals surface area contributed by atoms with Gasteiger partial charge in [0.25, 0.3) is 0 Å². The average molecular weight is 204 g/mol. The number of rotatable bonds is 1. The highest BCUT2D eigenvalue weighted by Crippen LogP contribution is 2.51. The molecule has 0 saturated heterocycles. The van der Waals surface area contributed by atoms with Gasteiger partial charge in [0, 0.05) is 0 Å². The molecule has 15 heavy (non-hydrogen) atoms. The molecule has 84 valence electrons. The van der Waals surface area contributed by atoms with Crippen LogP contribution >= 0.6 is 0 Å². The van der Waals surface area contributed by atoms with E-state index in [1.54, 1.807) is 11.1 Å². The Kier molecular flexibility index (Phi) is 2.79. The molecule has 0 aliphatic heterocycles. The van der Waals surface area contributed by atoms with Crippen molar-refractivity contribution in [3.63, 3.8) is 0 Å². The number of fused-ring (bicyclic) bond motifs is 1. The monoisotopic (exact) mass is 204 g/mol. The summed E-state index contributed by atoms with van der Waals surface area (Å²) in [7, 11) is 0. The molecule has 0 aromatic carbocycles. The predicted octanol–water partition coefficient (Wildman–Crippen LogP) is 4.87. The molecular weight excluding hydrogens is 180 g/mol. The molecule has 0 amide bonds. The van der Waals surface area contributed by atoms with Crippen molar-refractivity contribution in [3.8, 4) is 0 Å². The van der Waals surface area contributed by atoms with E-state index in [2.05, 4.69) is 33.8 Å². The maximum Gasteiger partial charge on any atom is -0.00759 e. The fourth-order valence-electron chi connectivity index (χ4n) is 3.25. The lowest BCUT2D eigenvalue weighted by atomic mass is 9.79. The molecule has 0 N–H and O–H groups in total. The fraction of sp³-hybridized carbons (Fsp3) is 0.733. The standard InChI is InChI=1S/C15H24/c1-11(2)13-8-10-15(4)9-7-12(3)5-6-14(13)15/h7,11H,5-6,8-10H2,1-4H3/t15-/m1/s1. The van der Waals surface area contributed by atoms with E-state index >= 15 is 0 Å². The highest BCUT2D eigenvalue weighted by atomic mass is 14.4. The van der Waals surface area contributed by atoms with Crippen LogP contribution in [0.2, 0.25) is 0 Å². The van der Waals surface area contributed by atoms with E-state index in [4.69, 9.17) is 0 Å². The van der Waals surface area contributed by atoms with Gasteiger partial charge in [-0.3, -0.25) is 0 Å². The second-order valence-electron chi connectivity index (χ2n) is 5.97. The molecule has 0 fully saturated rings. The van der Waals surface area contributed by atoms with E-state index in [1.807, 2.05) is 5.57 Å². The van der Waals surface area contributed by atoms with Crippen molar-refractivity contribution in [3.05, 3.63) is 22.8 Å². The van der Waals surface area contributed by atoms with Gasteiger partial charge in [0.2, 0.25) is 0 Å². The van der Waals surface area contributed by atoms with E-state index in [-0.39, 0.29) is 0 Å². The van der Waals surface area contributed by atoms with Gasteiger partial charge < -0.3 is 0 Å². The van der Waals surface area contributed by atoms with Crippen LogP contribution in [0.3, 0.4) is 0 Å². The minimum Gasteiger partial charge on any atom is -0.0847 e. The summed E-state index contributed by atoms with van der Waals surface area (Å²) < 4.78 is 0. The van der Waals surface area contributed by atoms with E-state index < -0.39 is 0 Å². The van der Waals surface area contributed by atoms with Gasteiger partial charge in [-0.15, -0.1) is 0 Å². The number of hydrogen-bond acceptors (Lipinski definition) is 0. The average Bonchev–Trinajstić information content (AvgIpc) is 2.43. The number of hydrogen-bond donors (Lipinski definition) is 0. The zero-order valence-corrected chi connectivity index (χ0v) is 10.7. The van der Waals surface area contributed by atoms with Crippen molar-refractivity contribution < 1.29 is 0 Å². The molecule has 0 aromatic heterocycles. The van der Waals surface area contributed by atoms with Crippen LogP contribution in [0, 0.1) is 11.3 Å². The van der Waals surface area contributed by atoms with Crippen LogP contribution in [0.4, 0.5) is 0 Å². The smallest absolute Gasteiger partial charge is 0.00759 e. The van der Waals surface area contributed by atoms with E-state index in [0.717, 1.165) is 5.92 Å². The van der Waals surface area contributed by atoms with Crippen LogP contribution in [0.5, 0.6) is 0 Å². The Morgan fingerprint density at radius 3 is 2.60 bits per heavy atom. The summed E-state index contributed by atoms with van der Waals surface area (Å²) in [6.45, 7) is 9.49. The third kappa shape index (κ3) is 1.91. The Balaban J connectivity index is 2.34. The van der Waals surface area contributed by atoms with Gasteiger partial charge in [-0.1, -0.05) is 43.6 Å². The molecule has 1 atom stereocenters. The van der Waals surface area contributed by atoms with Gasteiger partial charge in [0.05, 0.1) is 0 Å². The van der Waals surface area contributed by atoms with Crippen LogP contribution < -0.4 is 0 Å². The zero-order chi connectivity index (χ0) is 11.1. The van der Waals surface area contributed by atoms with E-state index in [9.17, 15) is 0 Å². The zero-order valence-electron chi connectivity index (χ0n) is 10.7. The molecule has 2 rings (SSSR count). The summed E-state index contributed by atoms with van der Waals surface area (Å²) in [4.78, 5) is 0. The maximum atomic E-state index is 2.48. The number of allylic oxidation sites excluding steroid dienone is 4. The first-order chi connectivity index (χ1) is 7.03. The molecule has 0 radical (unpaired) electrons. The maximum absolute atomic E-state index is 2.48. The SMILES string of the molecule is CC1=CC[C@]2(C)CCC(C(C)C)=C2CC1. The minimum atomic E-state index is 0.511. The van der Waals surface area contributed by atoms with Crippen molar-refractivity contribution in [2.75, 3.05) is 0 Å². The molecule has 0 nitrogen and oxygen atoms in total. The van der Waals surface area contributed by atoms with Crippen molar-refractivity contribution in [2.24, 2.45) is 11.3 Å². The molecule has 0 spiro atoms. The summed E-state index contributed by atoms with van der Waals surface area (Å²) in [5.74, 6) is 0.764. The van der Waals surface area contributed by atoms with Crippen LogP contribution in [0.15, 0.2) is 22.8 Å². The first-order valence-corrected chi connectivity index (χ1v) is 6.41. The largest absolute Gasteiger partial charge is 0.0847 e.